The maximum atomic E-state index is 12.5. The highest BCUT2D eigenvalue weighted by atomic mass is 32.2. The summed E-state index contributed by atoms with van der Waals surface area (Å²) in [6, 6.07) is 17.3. The Morgan fingerprint density at radius 2 is 1.61 bits per heavy atom. The van der Waals surface area contributed by atoms with Crippen LogP contribution in [0.4, 0.5) is 17.3 Å². The fourth-order valence-electron chi connectivity index (χ4n) is 2.49. The number of rotatable bonds is 7. The molecule has 0 saturated carbocycles. The van der Waals surface area contributed by atoms with Crippen molar-refractivity contribution in [2.24, 2.45) is 0 Å². The van der Waals surface area contributed by atoms with Crippen molar-refractivity contribution in [3.05, 3.63) is 66.2 Å². The molecule has 1 aromatic heterocycles. The van der Waals surface area contributed by atoms with Crippen LogP contribution in [-0.4, -0.2) is 24.7 Å². The molecule has 1 heterocycles. The average Bonchev–Trinajstić information content (AvgIpc) is 2.63. The Hall–Kier alpha value is -3.13. The maximum Gasteiger partial charge on any atom is 0.263 e. The Balaban J connectivity index is 1.68. The molecule has 0 bridgehead atoms. The van der Waals surface area contributed by atoms with Crippen LogP contribution in [-0.2, 0) is 10.0 Å². The van der Waals surface area contributed by atoms with E-state index in [1.54, 1.807) is 24.3 Å². The number of benzene rings is 2. The number of aromatic nitrogens is 2. The number of ether oxygens (including phenoxy) is 1. The van der Waals surface area contributed by atoms with E-state index in [9.17, 15) is 8.42 Å². The third-order valence-corrected chi connectivity index (χ3v) is 5.07. The number of sulfonamides is 1. The molecule has 0 atom stereocenters. The molecule has 28 heavy (non-hydrogen) atoms. The lowest BCUT2D eigenvalue weighted by Gasteiger charge is -2.11. The van der Waals surface area contributed by atoms with Gasteiger partial charge in [-0.25, -0.2) is 8.42 Å². The average molecular weight is 398 g/mol. The zero-order chi connectivity index (χ0) is 20.1. The number of hydrogen-bond donors (Lipinski definition) is 2. The van der Waals surface area contributed by atoms with Crippen LogP contribution in [0.3, 0.4) is 0 Å². The molecule has 0 aliphatic rings. The topological polar surface area (TPSA) is 93.2 Å². The minimum Gasteiger partial charge on any atom is -0.491 e. The first-order valence-electron chi connectivity index (χ1n) is 8.79. The lowest BCUT2D eigenvalue weighted by atomic mass is 10.2. The normalized spacial score (nSPS) is 11.3. The van der Waals surface area contributed by atoms with Gasteiger partial charge in [-0.1, -0.05) is 12.1 Å². The predicted molar refractivity (Wildman–Crippen MR) is 110 cm³/mol. The lowest BCUT2D eigenvalue weighted by molar-refractivity contribution is 0.242. The molecule has 0 radical (unpaired) electrons. The maximum absolute atomic E-state index is 12.5. The summed E-state index contributed by atoms with van der Waals surface area (Å²) in [6.45, 7) is 5.81. The standard InChI is InChI=1S/C20H22N4O3S/c1-14(2)27-17-7-9-18(10-8-17)28(25,26)24-20-12-11-19(22-23-20)21-16-6-4-5-15(3)13-16/h4-14H,1-3H3,(H,21,22)(H,23,24). The van der Waals surface area contributed by atoms with Crippen molar-refractivity contribution in [2.45, 2.75) is 31.8 Å². The van der Waals surface area contributed by atoms with Gasteiger partial charge in [-0.05, 0) is 74.9 Å². The second-order valence-electron chi connectivity index (χ2n) is 6.54. The van der Waals surface area contributed by atoms with Crippen LogP contribution in [0.1, 0.15) is 19.4 Å². The second kappa shape index (κ2) is 8.26. The van der Waals surface area contributed by atoms with E-state index in [4.69, 9.17) is 4.74 Å². The van der Waals surface area contributed by atoms with Crippen LogP contribution in [0.5, 0.6) is 5.75 Å². The van der Waals surface area contributed by atoms with Crippen molar-refractivity contribution in [3.63, 3.8) is 0 Å². The summed E-state index contributed by atoms with van der Waals surface area (Å²) in [5, 5.41) is 11.1. The van der Waals surface area contributed by atoms with Gasteiger partial charge in [0.2, 0.25) is 0 Å². The summed E-state index contributed by atoms with van der Waals surface area (Å²) >= 11 is 0. The number of nitrogens with one attached hydrogen (secondary N) is 2. The third-order valence-electron chi connectivity index (χ3n) is 3.70. The van der Waals surface area contributed by atoms with Crippen molar-refractivity contribution in [3.8, 4) is 5.75 Å². The molecule has 0 aliphatic heterocycles. The van der Waals surface area contributed by atoms with Crippen molar-refractivity contribution in [1.82, 2.24) is 10.2 Å². The van der Waals surface area contributed by atoms with Gasteiger partial charge in [0.1, 0.15) is 5.75 Å². The van der Waals surface area contributed by atoms with E-state index in [2.05, 4.69) is 20.2 Å². The van der Waals surface area contributed by atoms with E-state index in [1.165, 1.54) is 12.1 Å². The predicted octanol–water partition coefficient (Wildman–Crippen LogP) is 4.12. The van der Waals surface area contributed by atoms with Gasteiger partial charge in [0.05, 0.1) is 11.0 Å². The van der Waals surface area contributed by atoms with E-state index < -0.39 is 10.0 Å². The molecule has 0 unspecified atom stereocenters. The Labute approximate surface area is 164 Å². The Morgan fingerprint density at radius 1 is 0.929 bits per heavy atom. The number of nitrogens with zero attached hydrogens (tertiary/aromatic N) is 2. The zero-order valence-corrected chi connectivity index (χ0v) is 16.7. The monoisotopic (exact) mass is 398 g/mol. The summed E-state index contributed by atoms with van der Waals surface area (Å²) in [5.41, 5.74) is 2.00. The van der Waals surface area contributed by atoms with E-state index in [1.807, 2.05) is 45.0 Å². The van der Waals surface area contributed by atoms with Crippen LogP contribution in [0.15, 0.2) is 65.6 Å². The molecule has 0 amide bonds. The van der Waals surface area contributed by atoms with Crippen molar-refractivity contribution in [1.29, 1.82) is 0 Å². The fraction of sp³-hybridized carbons (Fsp3) is 0.200. The van der Waals surface area contributed by atoms with Crippen molar-refractivity contribution < 1.29 is 13.2 Å². The van der Waals surface area contributed by atoms with Gasteiger partial charge in [0.15, 0.2) is 11.6 Å². The summed E-state index contributed by atoms with van der Waals surface area (Å²) in [5.74, 6) is 1.27. The molecule has 3 rings (SSSR count). The minimum absolute atomic E-state index is 0.0165. The third kappa shape index (κ3) is 5.20. The highest BCUT2D eigenvalue weighted by molar-refractivity contribution is 7.92. The molecular weight excluding hydrogens is 376 g/mol. The molecule has 8 heteroatoms. The first-order chi connectivity index (χ1) is 13.3. The molecule has 0 fully saturated rings. The SMILES string of the molecule is Cc1cccc(Nc2ccc(NS(=O)(=O)c3ccc(OC(C)C)cc3)nn2)c1. The van der Waals surface area contributed by atoms with Gasteiger partial charge in [-0.15, -0.1) is 10.2 Å². The first kappa shape index (κ1) is 19.6. The van der Waals surface area contributed by atoms with Crippen molar-refractivity contribution in [2.75, 3.05) is 10.0 Å². The van der Waals surface area contributed by atoms with Gasteiger partial charge in [-0.3, -0.25) is 4.72 Å². The quantitative estimate of drug-likeness (QED) is 0.622. The van der Waals surface area contributed by atoms with Crippen LogP contribution in [0.25, 0.3) is 0 Å². The van der Waals surface area contributed by atoms with Gasteiger partial charge < -0.3 is 10.1 Å². The molecule has 2 N–H and O–H groups in total. The largest absolute Gasteiger partial charge is 0.491 e. The summed E-state index contributed by atoms with van der Waals surface area (Å²) in [4.78, 5) is 0.118. The van der Waals surface area contributed by atoms with Gasteiger partial charge >= 0.3 is 0 Å². The Kier molecular flexibility index (Phi) is 5.79. The van der Waals surface area contributed by atoms with Crippen LogP contribution >= 0.6 is 0 Å². The Bertz CT molecular complexity index is 1030. The van der Waals surface area contributed by atoms with E-state index >= 15 is 0 Å². The summed E-state index contributed by atoms with van der Waals surface area (Å²) in [7, 11) is -3.76. The molecule has 7 nitrogen and oxygen atoms in total. The van der Waals surface area contributed by atoms with Crippen LogP contribution in [0, 0.1) is 6.92 Å². The van der Waals surface area contributed by atoms with Crippen LogP contribution < -0.4 is 14.8 Å². The molecule has 0 aliphatic carbocycles. The molecular formula is C20H22N4O3S. The van der Waals surface area contributed by atoms with Gasteiger partial charge in [-0.2, -0.15) is 0 Å². The zero-order valence-electron chi connectivity index (χ0n) is 15.9. The van der Waals surface area contributed by atoms with Crippen molar-refractivity contribution >= 4 is 27.3 Å². The highest BCUT2D eigenvalue weighted by Crippen LogP contribution is 2.20. The Morgan fingerprint density at radius 3 is 2.21 bits per heavy atom. The number of anilines is 3. The van der Waals surface area contributed by atoms with Crippen LogP contribution in [0.2, 0.25) is 0 Å². The van der Waals surface area contributed by atoms with E-state index in [0.29, 0.717) is 11.6 Å². The van der Waals surface area contributed by atoms with Gasteiger partial charge in [0.25, 0.3) is 10.0 Å². The highest BCUT2D eigenvalue weighted by Gasteiger charge is 2.15. The molecule has 0 spiro atoms. The fourth-order valence-corrected chi connectivity index (χ4v) is 3.49. The summed E-state index contributed by atoms with van der Waals surface area (Å²) in [6.07, 6.45) is 0.0165. The first-order valence-corrected chi connectivity index (χ1v) is 10.3. The lowest BCUT2D eigenvalue weighted by Crippen LogP contribution is -2.14. The smallest absolute Gasteiger partial charge is 0.263 e. The minimum atomic E-state index is -3.76. The number of hydrogen-bond acceptors (Lipinski definition) is 6. The number of aryl methyl sites for hydroxylation is 1. The molecule has 146 valence electrons. The van der Waals surface area contributed by atoms with E-state index in [-0.39, 0.29) is 16.8 Å². The molecule has 2 aromatic carbocycles. The summed E-state index contributed by atoms with van der Waals surface area (Å²) < 4.78 is 33.0. The second-order valence-corrected chi connectivity index (χ2v) is 8.22. The molecule has 3 aromatic rings. The van der Waals surface area contributed by atoms with E-state index in [0.717, 1.165) is 11.3 Å². The molecule has 0 saturated heterocycles. The van der Waals surface area contributed by atoms with Gasteiger partial charge in [0, 0.05) is 5.69 Å².